The van der Waals surface area contributed by atoms with Crippen molar-refractivity contribution < 1.29 is 9.53 Å². The summed E-state index contributed by atoms with van der Waals surface area (Å²) in [5.41, 5.74) is 1.42. The number of allylic oxidation sites excluding steroid dienone is 1. The van der Waals surface area contributed by atoms with Crippen LogP contribution in [0.3, 0.4) is 0 Å². The lowest BCUT2D eigenvalue weighted by molar-refractivity contribution is -0.117. The minimum absolute atomic E-state index is 0.0557. The van der Waals surface area contributed by atoms with Crippen molar-refractivity contribution in [2.75, 3.05) is 0 Å². The third kappa shape index (κ3) is 2.88. The normalized spacial score (nSPS) is 37.0. The summed E-state index contributed by atoms with van der Waals surface area (Å²) in [6, 6.07) is 0. The smallest absolute Gasteiger partial charge is 0.129 e. The van der Waals surface area contributed by atoms with Gasteiger partial charge in [0.1, 0.15) is 11.4 Å². The fraction of sp³-hybridized carbons (Fsp3) is 0.824. The molecule has 19 heavy (non-hydrogen) atoms. The largest absolute Gasteiger partial charge is 0.495 e. The maximum Gasteiger partial charge on any atom is 0.129 e. The first-order chi connectivity index (χ1) is 8.83. The van der Waals surface area contributed by atoms with E-state index in [2.05, 4.69) is 27.7 Å². The Morgan fingerprint density at radius 2 is 2.05 bits per heavy atom. The summed E-state index contributed by atoms with van der Waals surface area (Å²) in [6.07, 6.45) is 6.29. The second-order valence-corrected chi connectivity index (χ2v) is 7.14. The van der Waals surface area contributed by atoms with Gasteiger partial charge in [-0.2, -0.15) is 0 Å². The second kappa shape index (κ2) is 5.30. The molecule has 0 aromatic carbocycles. The van der Waals surface area contributed by atoms with E-state index in [1.807, 2.05) is 6.26 Å². The Kier molecular flexibility index (Phi) is 4.08. The monoisotopic (exact) mass is 264 g/mol. The molecule has 2 heteroatoms. The predicted molar refractivity (Wildman–Crippen MR) is 77.7 cm³/mol. The lowest BCUT2D eigenvalue weighted by Gasteiger charge is -2.48. The van der Waals surface area contributed by atoms with Crippen molar-refractivity contribution in [2.45, 2.75) is 65.9 Å². The maximum absolute atomic E-state index is 11.3. The number of ketones is 1. The molecule has 2 aliphatic rings. The van der Waals surface area contributed by atoms with Crippen LogP contribution >= 0.6 is 0 Å². The van der Waals surface area contributed by atoms with E-state index >= 15 is 0 Å². The van der Waals surface area contributed by atoms with Crippen LogP contribution in [-0.4, -0.2) is 11.4 Å². The van der Waals surface area contributed by atoms with Crippen LogP contribution in [0, 0.1) is 23.7 Å². The minimum Gasteiger partial charge on any atom is -0.495 e. The molecule has 1 saturated carbocycles. The summed E-state index contributed by atoms with van der Waals surface area (Å²) in [5.74, 6) is 2.73. The SMILES string of the molecule is CC(=O)CC[C@@H]1C2=COC(C)(C)C(C)C2CC[C@H]1C. The number of carbonyl (C=O) groups is 1. The number of Topliss-reactive ketones (excluding diaryl/α,β-unsaturated/α-hetero) is 1. The third-order valence-corrected chi connectivity index (χ3v) is 5.48. The molecule has 1 fully saturated rings. The summed E-state index contributed by atoms with van der Waals surface area (Å²) in [7, 11) is 0. The Bertz CT molecular complexity index is 381. The quantitative estimate of drug-likeness (QED) is 0.757. The molecule has 0 bridgehead atoms. The van der Waals surface area contributed by atoms with E-state index in [0.717, 1.165) is 6.42 Å². The van der Waals surface area contributed by atoms with Crippen LogP contribution in [0.5, 0.6) is 0 Å². The van der Waals surface area contributed by atoms with Crippen LogP contribution < -0.4 is 0 Å². The van der Waals surface area contributed by atoms with E-state index in [-0.39, 0.29) is 5.60 Å². The van der Waals surface area contributed by atoms with Crippen molar-refractivity contribution in [1.29, 1.82) is 0 Å². The molecule has 4 atom stereocenters. The molecule has 2 unspecified atom stereocenters. The molecule has 0 aromatic rings. The van der Waals surface area contributed by atoms with Crippen molar-refractivity contribution >= 4 is 5.78 Å². The van der Waals surface area contributed by atoms with Gasteiger partial charge in [-0.15, -0.1) is 0 Å². The van der Waals surface area contributed by atoms with Gasteiger partial charge in [-0.05, 0) is 63.4 Å². The molecule has 0 radical (unpaired) electrons. The first-order valence-corrected chi connectivity index (χ1v) is 7.70. The number of carbonyl (C=O) groups excluding carboxylic acids is 1. The second-order valence-electron chi connectivity index (χ2n) is 7.14. The molecule has 2 rings (SSSR count). The first kappa shape index (κ1) is 14.6. The lowest BCUT2D eigenvalue weighted by Crippen LogP contribution is -2.44. The van der Waals surface area contributed by atoms with Gasteiger partial charge < -0.3 is 9.53 Å². The van der Waals surface area contributed by atoms with E-state index < -0.39 is 0 Å². The number of ether oxygens (including phenoxy) is 1. The average Bonchev–Trinajstić information content (AvgIpc) is 2.32. The molecule has 1 aliphatic carbocycles. The molecule has 0 spiro atoms. The van der Waals surface area contributed by atoms with Gasteiger partial charge in [0.15, 0.2) is 0 Å². The van der Waals surface area contributed by atoms with E-state index in [1.54, 1.807) is 6.92 Å². The fourth-order valence-electron chi connectivity index (χ4n) is 3.75. The van der Waals surface area contributed by atoms with Gasteiger partial charge in [-0.3, -0.25) is 0 Å². The first-order valence-electron chi connectivity index (χ1n) is 7.70. The molecule has 1 heterocycles. The van der Waals surface area contributed by atoms with Crippen LogP contribution in [0.15, 0.2) is 11.8 Å². The van der Waals surface area contributed by atoms with Gasteiger partial charge in [0.25, 0.3) is 0 Å². The van der Waals surface area contributed by atoms with E-state index in [9.17, 15) is 4.79 Å². The Balaban J connectivity index is 2.19. The van der Waals surface area contributed by atoms with E-state index in [1.165, 1.54) is 18.4 Å². The summed E-state index contributed by atoms with van der Waals surface area (Å²) < 4.78 is 5.99. The Hall–Kier alpha value is -0.790. The topological polar surface area (TPSA) is 26.3 Å². The van der Waals surface area contributed by atoms with Crippen molar-refractivity contribution in [1.82, 2.24) is 0 Å². The lowest BCUT2D eigenvalue weighted by atomic mass is 9.63. The molecular weight excluding hydrogens is 236 g/mol. The highest BCUT2D eigenvalue weighted by Crippen LogP contribution is 2.49. The standard InChI is InChI=1S/C17H28O2/c1-11-6-8-15-13(3)17(4,5)19-10-16(15)14(11)9-7-12(2)18/h10-11,13-15H,6-9H2,1-5H3/t11-,13?,14+,15?/m1/s1. The predicted octanol–water partition coefficient (Wildman–Crippen LogP) is 4.35. The summed E-state index contributed by atoms with van der Waals surface area (Å²) in [5, 5.41) is 0. The average molecular weight is 264 g/mol. The Morgan fingerprint density at radius 3 is 2.68 bits per heavy atom. The zero-order valence-corrected chi connectivity index (χ0v) is 13.0. The zero-order valence-electron chi connectivity index (χ0n) is 13.0. The fourth-order valence-corrected chi connectivity index (χ4v) is 3.75. The summed E-state index contributed by atoms with van der Waals surface area (Å²) >= 11 is 0. The van der Waals surface area contributed by atoms with Gasteiger partial charge >= 0.3 is 0 Å². The Morgan fingerprint density at radius 1 is 1.37 bits per heavy atom. The highest BCUT2D eigenvalue weighted by molar-refractivity contribution is 5.75. The van der Waals surface area contributed by atoms with Crippen LogP contribution in [0.2, 0.25) is 0 Å². The van der Waals surface area contributed by atoms with Crippen molar-refractivity contribution in [3.05, 3.63) is 11.8 Å². The maximum atomic E-state index is 11.3. The van der Waals surface area contributed by atoms with Gasteiger partial charge in [0.05, 0.1) is 6.26 Å². The molecule has 0 amide bonds. The van der Waals surface area contributed by atoms with Gasteiger partial charge in [-0.25, -0.2) is 0 Å². The summed E-state index contributed by atoms with van der Waals surface area (Å²) in [4.78, 5) is 11.3. The van der Waals surface area contributed by atoms with Crippen molar-refractivity contribution in [3.8, 4) is 0 Å². The van der Waals surface area contributed by atoms with E-state index in [4.69, 9.17) is 4.74 Å². The van der Waals surface area contributed by atoms with Gasteiger partial charge in [0.2, 0.25) is 0 Å². The molecular formula is C17H28O2. The number of fused-ring (bicyclic) bond motifs is 1. The van der Waals surface area contributed by atoms with Gasteiger partial charge in [0, 0.05) is 12.3 Å². The van der Waals surface area contributed by atoms with E-state index in [0.29, 0.717) is 35.9 Å². The minimum atomic E-state index is -0.0557. The third-order valence-electron chi connectivity index (χ3n) is 5.48. The van der Waals surface area contributed by atoms with Crippen molar-refractivity contribution in [2.24, 2.45) is 23.7 Å². The Labute approximate surface area is 117 Å². The highest BCUT2D eigenvalue weighted by Gasteiger charge is 2.44. The molecule has 0 aromatic heterocycles. The number of rotatable bonds is 3. The van der Waals surface area contributed by atoms with Crippen LogP contribution in [0.1, 0.15) is 60.3 Å². The van der Waals surface area contributed by atoms with Crippen molar-refractivity contribution in [3.63, 3.8) is 0 Å². The molecule has 0 N–H and O–H groups in total. The molecule has 2 nitrogen and oxygen atoms in total. The molecule has 1 aliphatic heterocycles. The van der Waals surface area contributed by atoms with Crippen LogP contribution in [0.25, 0.3) is 0 Å². The molecule has 0 saturated heterocycles. The number of hydrogen-bond acceptors (Lipinski definition) is 2. The van der Waals surface area contributed by atoms with Crippen LogP contribution in [0.4, 0.5) is 0 Å². The zero-order chi connectivity index (χ0) is 14.2. The molecule has 108 valence electrons. The highest BCUT2D eigenvalue weighted by atomic mass is 16.5. The van der Waals surface area contributed by atoms with Gasteiger partial charge in [-0.1, -0.05) is 13.8 Å². The van der Waals surface area contributed by atoms with Crippen LogP contribution in [-0.2, 0) is 9.53 Å². The summed E-state index contributed by atoms with van der Waals surface area (Å²) in [6.45, 7) is 10.7. The number of hydrogen-bond donors (Lipinski definition) is 0.